The van der Waals surface area contributed by atoms with Crippen LogP contribution in [0.4, 0.5) is 0 Å². The third-order valence-corrected chi connectivity index (χ3v) is 1.84. The number of hydrogen-bond acceptors (Lipinski definition) is 1. The number of nitriles is 1. The molecule has 0 amide bonds. The summed E-state index contributed by atoms with van der Waals surface area (Å²) in [6, 6.07) is 9.98. The van der Waals surface area contributed by atoms with Crippen LogP contribution in [-0.2, 0) is 6.42 Å². The minimum Gasteiger partial charge on any atom is -0.198 e. The van der Waals surface area contributed by atoms with Gasteiger partial charge in [0.1, 0.15) is 0 Å². The number of alkyl halides is 1. The molecular formula is C11H10ClN. The largest absolute Gasteiger partial charge is 0.198 e. The van der Waals surface area contributed by atoms with Crippen LogP contribution in [0, 0.1) is 11.3 Å². The molecule has 0 aromatic heterocycles. The van der Waals surface area contributed by atoms with Crippen molar-refractivity contribution in [3.8, 4) is 6.07 Å². The lowest BCUT2D eigenvalue weighted by Gasteiger charge is -1.95. The second-order valence-corrected chi connectivity index (χ2v) is 2.94. The molecule has 1 aromatic carbocycles. The number of halogens is 1. The monoisotopic (exact) mass is 191 g/mol. The van der Waals surface area contributed by atoms with E-state index in [2.05, 4.69) is 6.07 Å². The molecule has 1 rings (SSSR count). The summed E-state index contributed by atoms with van der Waals surface area (Å²) in [6.45, 7) is 0. The zero-order chi connectivity index (χ0) is 9.52. The molecule has 66 valence electrons. The first-order chi connectivity index (χ1) is 6.36. The average molecular weight is 192 g/mol. The first-order valence-corrected chi connectivity index (χ1v) is 4.58. The molecule has 1 nitrogen and oxygen atoms in total. The molecule has 0 aliphatic carbocycles. The minimum atomic E-state index is 0.472. The quantitative estimate of drug-likeness (QED) is 0.674. The first kappa shape index (κ1) is 9.83. The van der Waals surface area contributed by atoms with Gasteiger partial charge in [0.2, 0.25) is 0 Å². The van der Waals surface area contributed by atoms with Gasteiger partial charge in [-0.25, -0.2) is 0 Å². The smallest absolute Gasteiger partial charge is 0.0669 e. The summed E-state index contributed by atoms with van der Waals surface area (Å²) in [6.07, 6.45) is 4.32. The third kappa shape index (κ3) is 3.31. The molecule has 0 unspecified atom stereocenters. The maximum absolute atomic E-state index is 8.45. The lowest BCUT2D eigenvalue weighted by atomic mass is 10.1. The molecule has 0 spiro atoms. The Balaban J connectivity index is 2.70. The summed E-state index contributed by atoms with van der Waals surface area (Å²) < 4.78 is 0. The Bertz CT molecular complexity index is 319. The summed E-state index contributed by atoms with van der Waals surface area (Å²) in [4.78, 5) is 0. The molecule has 0 bridgehead atoms. The fourth-order valence-corrected chi connectivity index (χ4v) is 1.11. The zero-order valence-corrected chi connectivity index (χ0v) is 7.96. The molecule has 0 aliphatic heterocycles. The number of rotatable bonds is 3. The van der Waals surface area contributed by atoms with Crippen molar-refractivity contribution in [2.45, 2.75) is 6.42 Å². The summed E-state index contributed by atoms with van der Waals surface area (Å²) in [5, 5.41) is 8.45. The number of allylic oxidation sites excluding steroid dienone is 1. The van der Waals surface area contributed by atoms with E-state index in [1.54, 1.807) is 0 Å². The predicted molar refractivity (Wildman–Crippen MR) is 55.5 cm³/mol. The Labute approximate surface area is 83.3 Å². The Morgan fingerprint density at radius 3 is 2.54 bits per heavy atom. The first-order valence-electron chi connectivity index (χ1n) is 4.05. The van der Waals surface area contributed by atoms with Crippen molar-refractivity contribution in [2.24, 2.45) is 0 Å². The van der Waals surface area contributed by atoms with Gasteiger partial charge in [0.15, 0.2) is 0 Å². The van der Waals surface area contributed by atoms with Crippen LogP contribution < -0.4 is 0 Å². The molecule has 0 radical (unpaired) electrons. The van der Waals surface area contributed by atoms with Crippen LogP contribution in [0.15, 0.2) is 30.3 Å². The molecule has 0 fully saturated rings. The van der Waals surface area contributed by atoms with E-state index in [1.165, 1.54) is 0 Å². The SMILES string of the molecule is N#CCc1ccc(C=CCCl)cc1. The fraction of sp³-hybridized carbons (Fsp3) is 0.182. The van der Waals surface area contributed by atoms with E-state index >= 15 is 0 Å². The van der Waals surface area contributed by atoms with Gasteiger partial charge < -0.3 is 0 Å². The summed E-state index contributed by atoms with van der Waals surface area (Å²) >= 11 is 5.50. The summed E-state index contributed by atoms with van der Waals surface area (Å²) in [7, 11) is 0. The highest BCUT2D eigenvalue weighted by molar-refractivity contribution is 6.19. The number of nitrogens with zero attached hydrogens (tertiary/aromatic N) is 1. The van der Waals surface area contributed by atoms with Crippen LogP contribution in [0.2, 0.25) is 0 Å². The van der Waals surface area contributed by atoms with Gasteiger partial charge in [-0.05, 0) is 11.1 Å². The summed E-state index contributed by atoms with van der Waals surface area (Å²) in [5.74, 6) is 0.528. The number of benzene rings is 1. The van der Waals surface area contributed by atoms with E-state index in [4.69, 9.17) is 16.9 Å². The van der Waals surface area contributed by atoms with Crippen molar-refractivity contribution >= 4 is 17.7 Å². The fourth-order valence-electron chi connectivity index (χ4n) is 1.02. The van der Waals surface area contributed by atoms with Crippen LogP contribution >= 0.6 is 11.6 Å². The molecule has 0 atom stereocenters. The average Bonchev–Trinajstić information content (AvgIpc) is 2.17. The molecule has 0 saturated heterocycles. The Morgan fingerprint density at radius 2 is 2.00 bits per heavy atom. The maximum atomic E-state index is 8.45. The van der Waals surface area contributed by atoms with Gasteiger partial charge in [0.25, 0.3) is 0 Å². The highest BCUT2D eigenvalue weighted by Gasteiger charge is 1.90. The Kier molecular flexibility index (Phi) is 4.08. The van der Waals surface area contributed by atoms with Gasteiger partial charge in [-0.1, -0.05) is 36.4 Å². The molecule has 0 aliphatic rings. The molecular weight excluding hydrogens is 182 g/mol. The van der Waals surface area contributed by atoms with Crippen LogP contribution in [-0.4, -0.2) is 5.88 Å². The van der Waals surface area contributed by atoms with Crippen molar-refractivity contribution < 1.29 is 0 Å². The highest BCUT2D eigenvalue weighted by Crippen LogP contribution is 2.06. The van der Waals surface area contributed by atoms with Gasteiger partial charge in [-0.3, -0.25) is 0 Å². The molecule has 0 heterocycles. The van der Waals surface area contributed by atoms with Gasteiger partial charge >= 0.3 is 0 Å². The van der Waals surface area contributed by atoms with E-state index < -0.39 is 0 Å². The molecule has 0 saturated carbocycles. The maximum Gasteiger partial charge on any atom is 0.0669 e. The minimum absolute atomic E-state index is 0.472. The Hall–Kier alpha value is -1.26. The predicted octanol–water partition coefficient (Wildman–Crippen LogP) is 3.00. The van der Waals surface area contributed by atoms with Crippen molar-refractivity contribution in [2.75, 3.05) is 5.88 Å². The lowest BCUT2D eigenvalue weighted by molar-refractivity contribution is 1.26. The highest BCUT2D eigenvalue weighted by atomic mass is 35.5. The lowest BCUT2D eigenvalue weighted by Crippen LogP contribution is -1.80. The van der Waals surface area contributed by atoms with Crippen LogP contribution in [0.5, 0.6) is 0 Å². The third-order valence-electron chi connectivity index (χ3n) is 1.66. The molecule has 2 heteroatoms. The van der Waals surface area contributed by atoms with E-state index in [0.717, 1.165) is 11.1 Å². The van der Waals surface area contributed by atoms with Crippen molar-refractivity contribution in [1.82, 2.24) is 0 Å². The van der Waals surface area contributed by atoms with E-state index in [0.29, 0.717) is 12.3 Å². The second kappa shape index (κ2) is 5.40. The normalized spacial score (nSPS) is 10.2. The van der Waals surface area contributed by atoms with Crippen molar-refractivity contribution in [3.05, 3.63) is 41.5 Å². The van der Waals surface area contributed by atoms with Gasteiger partial charge in [0, 0.05) is 5.88 Å². The van der Waals surface area contributed by atoms with Crippen LogP contribution in [0.1, 0.15) is 11.1 Å². The van der Waals surface area contributed by atoms with Crippen LogP contribution in [0.25, 0.3) is 6.08 Å². The molecule has 0 N–H and O–H groups in total. The standard InChI is InChI=1S/C11H10ClN/c12-8-1-2-10-3-5-11(6-4-10)7-9-13/h1-6H,7-8H2. The van der Waals surface area contributed by atoms with E-state index in [1.807, 2.05) is 36.4 Å². The Morgan fingerprint density at radius 1 is 1.31 bits per heavy atom. The van der Waals surface area contributed by atoms with E-state index in [-0.39, 0.29) is 0 Å². The zero-order valence-electron chi connectivity index (χ0n) is 7.20. The van der Waals surface area contributed by atoms with Gasteiger partial charge in [0.05, 0.1) is 12.5 Å². The topological polar surface area (TPSA) is 23.8 Å². The van der Waals surface area contributed by atoms with Gasteiger partial charge in [-0.15, -0.1) is 11.6 Å². The molecule has 13 heavy (non-hydrogen) atoms. The van der Waals surface area contributed by atoms with Crippen LogP contribution in [0.3, 0.4) is 0 Å². The van der Waals surface area contributed by atoms with Crippen molar-refractivity contribution in [3.63, 3.8) is 0 Å². The number of hydrogen-bond donors (Lipinski definition) is 0. The molecule has 1 aromatic rings. The van der Waals surface area contributed by atoms with E-state index in [9.17, 15) is 0 Å². The second-order valence-electron chi connectivity index (χ2n) is 2.63. The van der Waals surface area contributed by atoms with Crippen molar-refractivity contribution in [1.29, 1.82) is 5.26 Å². The van der Waals surface area contributed by atoms with Gasteiger partial charge in [-0.2, -0.15) is 5.26 Å². The summed E-state index contributed by atoms with van der Waals surface area (Å²) in [5.41, 5.74) is 2.16.